The van der Waals surface area contributed by atoms with E-state index >= 15 is 0 Å². The number of sulfonamides is 1. The quantitative estimate of drug-likeness (QED) is 0.646. The highest BCUT2D eigenvalue weighted by Crippen LogP contribution is 2.31. The van der Waals surface area contributed by atoms with Crippen molar-refractivity contribution in [3.05, 3.63) is 60.2 Å². The Labute approximate surface area is 183 Å². The van der Waals surface area contributed by atoms with Crippen molar-refractivity contribution in [1.82, 2.24) is 4.31 Å². The minimum absolute atomic E-state index is 0.118. The van der Waals surface area contributed by atoms with E-state index < -0.39 is 16.0 Å². The number of nitrogens with one attached hydrogen (secondary N) is 1. The largest absolute Gasteiger partial charge is 0.481 e. The maximum absolute atomic E-state index is 13.4. The minimum Gasteiger partial charge on any atom is -0.481 e. The predicted octanol–water partition coefficient (Wildman–Crippen LogP) is 3.73. The topological polar surface area (TPSA) is 104 Å². The molecule has 0 saturated heterocycles. The fourth-order valence-electron chi connectivity index (χ4n) is 3.97. The Kier molecular flexibility index (Phi) is 7.46. The first-order chi connectivity index (χ1) is 14.8. The van der Waals surface area contributed by atoms with E-state index in [4.69, 9.17) is 0 Å². The van der Waals surface area contributed by atoms with Gasteiger partial charge in [0.2, 0.25) is 15.9 Å². The molecule has 3 rings (SSSR count). The number of carboxylic acid groups (broad SMARTS) is 1. The first-order valence-corrected chi connectivity index (χ1v) is 11.8. The maximum Gasteiger partial charge on any atom is 0.306 e. The van der Waals surface area contributed by atoms with Gasteiger partial charge in [-0.3, -0.25) is 9.59 Å². The third-order valence-electron chi connectivity index (χ3n) is 5.67. The standard InChI is InChI=1S/C23H28N2O5S/c1-17(26)24-21-13-9-19(10-14-21)16-25(31(29,30)22-5-3-2-4-6-22)15-18-7-11-20(12-8-18)23(27)28/h2-6,9-10,13-14,18,20H,7-8,11-12,15-16H2,1H3,(H,24,26)(H,27,28). The molecule has 0 atom stereocenters. The number of rotatable bonds is 8. The van der Waals surface area contributed by atoms with Crippen molar-refractivity contribution in [3.8, 4) is 0 Å². The Morgan fingerprint density at radius 1 is 1.00 bits per heavy atom. The smallest absolute Gasteiger partial charge is 0.306 e. The van der Waals surface area contributed by atoms with Crippen molar-refractivity contribution in [2.45, 2.75) is 44.0 Å². The van der Waals surface area contributed by atoms with Gasteiger partial charge in [0.15, 0.2) is 0 Å². The number of carbonyl (C=O) groups excluding carboxylic acids is 1. The summed E-state index contributed by atoms with van der Waals surface area (Å²) in [6, 6.07) is 15.5. The number of aliphatic carboxylic acids is 1. The Morgan fingerprint density at radius 2 is 1.61 bits per heavy atom. The Hall–Kier alpha value is -2.71. The second kappa shape index (κ2) is 10.1. The molecule has 0 radical (unpaired) electrons. The lowest BCUT2D eigenvalue weighted by molar-refractivity contribution is -0.143. The van der Waals surface area contributed by atoms with Gasteiger partial charge in [0.1, 0.15) is 0 Å². The first kappa shape index (κ1) is 23.0. The van der Waals surface area contributed by atoms with Gasteiger partial charge in [0, 0.05) is 25.7 Å². The zero-order valence-electron chi connectivity index (χ0n) is 17.5. The van der Waals surface area contributed by atoms with Crippen molar-refractivity contribution >= 4 is 27.6 Å². The number of amides is 1. The van der Waals surface area contributed by atoms with Gasteiger partial charge in [0.05, 0.1) is 10.8 Å². The monoisotopic (exact) mass is 444 g/mol. The van der Waals surface area contributed by atoms with Gasteiger partial charge in [-0.2, -0.15) is 4.31 Å². The summed E-state index contributed by atoms with van der Waals surface area (Å²) in [6.45, 7) is 1.98. The first-order valence-electron chi connectivity index (χ1n) is 10.4. The molecule has 0 heterocycles. The number of benzene rings is 2. The van der Waals surface area contributed by atoms with Crippen LogP contribution in [0.3, 0.4) is 0 Å². The van der Waals surface area contributed by atoms with E-state index in [1.54, 1.807) is 54.6 Å². The number of anilines is 1. The molecule has 0 bridgehead atoms. The molecule has 0 spiro atoms. The molecule has 1 aliphatic carbocycles. The van der Waals surface area contributed by atoms with E-state index in [1.807, 2.05) is 0 Å². The Morgan fingerprint density at radius 3 is 2.16 bits per heavy atom. The van der Waals surface area contributed by atoms with Gasteiger partial charge >= 0.3 is 5.97 Å². The van der Waals surface area contributed by atoms with Crippen LogP contribution in [-0.2, 0) is 26.2 Å². The third kappa shape index (κ3) is 6.15. The summed E-state index contributed by atoms with van der Waals surface area (Å²) in [7, 11) is -3.71. The lowest BCUT2D eigenvalue weighted by atomic mass is 9.82. The van der Waals surface area contributed by atoms with E-state index in [0.29, 0.717) is 37.9 Å². The van der Waals surface area contributed by atoms with Gasteiger partial charge in [-0.25, -0.2) is 8.42 Å². The average Bonchev–Trinajstić information content (AvgIpc) is 2.75. The van der Waals surface area contributed by atoms with Crippen LogP contribution in [0.15, 0.2) is 59.5 Å². The molecule has 8 heteroatoms. The summed E-state index contributed by atoms with van der Waals surface area (Å²) >= 11 is 0. The van der Waals surface area contributed by atoms with Gasteiger partial charge in [-0.15, -0.1) is 0 Å². The van der Waals surface area contributed by atoms with Crippen molar-refractivity contribution in [1.29, 1.82) is 0 Å². The molecular weight excluding hydrogens is 416 g/mol. The lowest BCUT2D eigenvalue weighted by Crippen LogP contribution is -2.36. The fraction of sp³-hybridized carbons (Fsp3) is 0.391. The highest BCUT2D eigenvalue weighted by Gasteiger charge is 2.31. The van der Waals surface area contributed by atoms with E-state index in [0.717, 1.165) is 5.56 Å². The summed E-state index contributed by atoms with van der Waals surface area (Å²) in [4.78, 5) is 22.7. The average molecular weight is 445 g/mol. The SMILES string of the molecule is CC(=O)Nc1ccc(CN(CC2CCC(C(=O)O)CC2)S(=O)(=O)c2ccccc2)cc1. The van der Waals surface area contributed by atoms with Crippen molar-refractivity contribution in [3.63, 3.8) is 0 Å². The molecule has 1 fully saturated rings. The van der Waals surface area contributed by atoms with Crippen LogP contribution in [0.2, 0.25) is 0 Å². The molecule has 2 aromatic rings. The highest BCUT2D eigenvalue weighted by molar-refractivity contribution is 7.89. The number of nitrogens with zero attached hydrogens (tertiary/aromatic N) is 1. The lowest BCUT2D eigenvalue weighted by Gasteiger charge is -2.31. The number of hydrogen-bond acceptors (Lipinski definition) is 4. The fourth-order valence-corrected chi connectivity index (χ4v) is 5.49. The molecule has 166 valence electrons. The normalized spacial score (nSPS) is 19.2. The van der Waals surface area contributed by atoms with Gasteiger partial charge in [-0.05, 0) is 61.4 Å². The van der Waals surface area contributed by atoms with Crippen molar-refractivity contribution in [2.75, 3.05) is 11.9 Å². The highest BCUT2D eigenvalue weighted by atomic mass is 32.2. The van der Waals surface area contributed by atoms with E-state index in [1.165, 1.54) is 11.2 Å². The van der Waals surface area contributed by atoms with Crippen LogP contribution in [-0.4, -0.2) is 36.3 Å². The molecule has 0 unspecified atom stereocenters. The van der Waals surface area contributed by atoms with Crippen LogP contribution in [0.5, 0.6) is 0 Å². The maximum atomic E-state index is 13.4. The van der Waals surface area contributed by atoms with Gasteiger partial charge < -0.3 is 10.4 Å². The molecule has 0 aromatic heterocycles. The van der Waals surface area contributed by atoms with E-state index in [9.17, 15) is 23.1 Å². The third-order valence-corrected chi connectivity index (χ3v) is 7.50. The second-order valence-corrected chi connectivity index (χ2v) is 9.98. The van der Waals surface area contributed by atoms with Crippen molar-refractivity contribution < 1.29 is 23.1 Å². The van der Waals surface area contributed by atoms with E-state index in [-0.39, 0.29) is 29.2 Å². The van der Waals surface area contributed by atoms with Crippen molar-refractivity contribution in [2.24, 2.45) is 11.8 Å². The van der Waals surface area contributed by atoms with Crippen LogP contribution < -0.4 is 5.32 Å². The summed E-state index contributed by atoms with van der Waals surface area (Å²) in [5.41, 5.74) is 1.47. The van der Waals surface area contributed by atoms with Crippen LogP contribution >= 0.6 is 0 Å². The number of carbonyl (C=O) groups is 2. The molecule has 0 aliphatic heterocycles. The van der Waals surface area contributed by atoms with Crippen LogP contribution in [0.4, 0.5) is 5.69 Å². The Bertz CT molecular complexity index is 998. The number of hydrogen-bond donors (Lipinski definition) is 2. The minimum atomic E-state index is -3.71. The molecule has 2 N–H and O–H groups in total. The van der Waals surface area contributed by atoms with Crippen LogP contribution in [0.1, 0.15) is 38.2 Å². The summed E-state index contributed by atoms with van der Waals surface area (Å²) in [5.74, 6) is -1.16. The molecule has 7 nitrogen and oxygen atoms in total. The zero-order chi connectivity index (χ0) is 22.4. The van der Waals surface area contributed by atoms with E-state index in [2.05, 4.69) is 5.32 Å². The van der Waals surface area contributed by atoms with Crippen LogP contribution in [0, 0.1) is 11.8 Å². The molecular formula is C23H28N2O5S. The Balaban J connectivity index is 1.79. The van der Waals surface area contributed by atoms with Crippen LogP contribution in [0.25, 0.3) is 0 Å². The van der Waals surface area contributed by atoms with Gasteiger partial charge in [-0.1, -0.05) is 30.3 Å². The molecule has 1 aliphatic rings. The summed E-state index contributed by atoms with van der Waals surface area (Å²) < 4.78 is 28.2. The second-order valence-electron chi connectivity index (χ2n) is 8.04. The number of carboxylic acids is 1. The predicted molar refractivity (Wildman–Crippen MR) is 118 cm³/mol. The summed E-state index contributed by atoms with van der Waals surface area (Å²) in [6.07, 6.45) is 2.54. The molecule has 1 amide bonds. The molecule has 1 saturated carbocycles. The molecule has 2 aromatic carbocycles. The molecule has 31 heavy (non-hydrogen) atoms. The summed E-state index contributed by atoms with van der Waals surface area (Å²) in [5, 5.41) is 11.9. The zero-order valence-corrected chi connectivity index (χ0v) is 18.3. The van der Waals surface area contributed by atoms with Gasteiger partial charge in [0.25, 0.3) is 0 Å².